The first-order valence-electron chi connectivity index (χ1n) is 10.1. The Morgan fingerprint density at radius 1 is 1.16 bits per heavy atom. The van der Waals surface area contributed by atoms with Gasteiger partial charge in [0.15, 0.2) is 0 Å². The third-order valence-electron chi connectivity index (χ3n) is 5.89. The number of aromatic nitrogens is 3. The monoisotopic (exact) mass is 408 g/mol. The average Bonchev–Trinajstić information content (AvgIpc) is 3.14. The van der Waals surface area contributed by atoms with Gasteiger partial charge in [0, 0.05) is 59.8 Å². The van der Waals surface area contributed by atoms with Crippen LogP contribution in [-0.4, -0.2) is 27.1 Å². The molecule has 5 rings (SSSR count). The van der Waals surface area contributed by atoms with Gasteiger partial charge in [0.25, 0.3) is 0 Å². The summed E-state index contributed by atoms with van der Waals surface area (Å²) in [5, 5.41) is 11.2. The summed E-state index contributed by atoms with van der Waals surface area (Å²) in [7, 11) is 1.99. The zero-order valence-corrected chi connectivity index (χ0v) is 17.0. The summed E-state index contributed by atoms with van der Waals surface area (Å²) in [5.74, 6) is 0.596. The minimum Gasteiger partial charge on any atom is -0.351 e. The quantitative estimate of drug-likeness (QED) is 0.541. The molecular weight excluding hydrogens is 388 g/mol. The molecule has 7 heteroatoms. The van der Waals surface area contributed by atoms with Gasteiger partial charge in [0.05, 0.1) is 11.3 Å². The maximum atomic E-state index is 11.7. The maximum absolute atomic E-state index is 11.7. The number of hydrogen-bond acceptors (Lipinski definition) is 4. The third kappa shape index (κ3) is 3.01. The van der Waals surface area contributed by atoms with Gasteiger partial charge >= 0.3 is 6.03 Å². The molecule has 152 valence electrons. The molecule has 3 aromatic heterocycles. The summed E-state index contributed by atoms with van der Waals surface area (Å²) in [6, 6.07) is 14.0. The number of para-hydroxylation sites is 1. The number of primary amides is 1. The topological polar surface area (TPSA) is 101 Å². The molecule has 2 N–H and O–H groups in total. The Morgan fingerprint density at radius 3 is 2.74 bits per heavy atom. The van der Waals surface area contributed by atoms with Crippen molar-refractivity contribution >= 4 is 22.8 Å². The normalized spacial score (nSPS) is 13.1. The number of urea groups is 1. The molecule has 1 aromatic carbocycles. The number of carbonyl (C=O) groups excluding carboxylic acids is 1. The number of carbonyl (C=O) groups is 1. The molecule has 7 nitrogen and oxygen atoms in total. The van der Waals surface area contributed by atoms with Gasteiger partial charge in [-0.3, -0.25) is 9.88 Å². The van der Waals surface area contributed by atoms with E-state index in [1.807, 2.05) is 25.2 Å². The summed E-state index contributed by atoms with van der Waals surface area (Å²) in [5.41, 5.74) is 11.3. The van der Waals surface area contributed by atoms with Crippen LogP contribution in [0.1, 0.15) is 17.5 Å². The number of nitrogens with zero attached hydrogens (tertiary/aromatic N) is 5. The molecule has 4 heterocycles. The van der Waals surface area contributed by atoms with E-state index < -0.39 is 6.03 Å². The van der Waals surface area contributed by atoms with E-state index in [0.29, 0.717) is 17.9 Å². The largest absolute Gasteiger partial charge is 0.351 e. The second-order valence-corrected chi connectivity index (χ2v) is 7.67. The Morgan fingerprint density at radius 2 is 1.97 bits per heavy atom. The van der Waals surface area contributed by atoms with Gasteiger partial charge in [-0.15, -0.1) is 0 Å². The van der Waals surface area contributed by atoms with Crippen LogP contribution in [0.4, 0.5) is 10.6 Å². The van der Waals surface area contributed by atoms with Crippen molar-refractivity contribution in [2.45, 2.75) is 12.8 Å². The number of nitrogens with two attached hydrogens (primary N) is 1. The number of fused-ring (bicyclic) bond motifs is 2. The van der Waals surface area contributed by atoms with Crippen molar-refractivity contribution in [3.63, 3.8) is 0 Å². The second-order valence-electron chi connectivity index (χ2n) is 7.67. The highest BCUT2D eigenvalue weighted by Gasteiger charge is 2.23. The number of pyridine rings is 2. The molecule has 0 atom stereocenters. The van der Waals surface area contributed by atoms with Crippen LogP contribution in [0.15, 0.2) is 55.0 Å². The zero-order chi connectivity index (χ0) is 21.5. The molecule has 0 bridgehead atoms. The standard InChI is InChI=1S/C24H20N6O/c1-29-21-7-3-2-5-15(21)10-22(29)20-14-27-13-19(18(20)11-25)17-9-16-6-4-8-30(24(26)31)23(16)28-12-17/h2-3,5,7,9-10,12-14H,4,6,8H2,1H3,(H2,26,31). The predicted molar refractivity (Wildman–Crippen MR) is 119 cm³/mol. The minimum atomic E-state index is -0.502. The highest BCUT2D eigenvalue weighted by atomic mass is 16.2. The number of anilines is 1. The smallest absolute Gasteiger partial charge is 0.320 e. The maximum Gasteiger partial charge on any atom is 0.320 e. The van der Waals surface area contributed by atoms with Crippen molar-refractivity contribution in [1.29, 1.82) is 5.26 Å². The SMILES string of the molecule is Cn1c(-c2cncc(-c3cnc4c(c3)CCCN4C(N)=O)c2C#N)cc2ccccc21. The van der Waals surface area contributed by atoms with Crippen LogP contribution in [0.25, 0.3) is 33.3 Å². The minimum absolute atomic E-state index is 0.502. The van der Waals surface area contributed by atoms with E-state index in [2.05, 4.69) is 38.8 Å². The van der Waals surface area contributed by atoms with E-state index in [1.54, 1.807) is 18.6 Å². The molecule has 0 saturated heterocycles. The van der Waals surface area contributed by atoms with Gasteiger partial charge in [-0.05, 0) is 36.6 Å². The van der Waals surface area contributed by atoms with Crippen LogP contribution in [0.5, 0.6) is 0 Å². The van der Waals surface area contributed by atoms with E-state index in [1.165, 1.54) is 4.90 Å². The summed E-state index contributed by atoms with van der Waals surface area (Å²) >= 11 is 0. The number of benzene rings is 1. The molecule has 0 spiro atoms. The number of aryl methyl sites for hydroxylation is 2. The lowest BCUT2D eigenvalue weighted by molar-refractivity contribution is 0.253. The zero-order valence-electron chi connectivity index (χ0n) is 17.0. The number of nitriles is 1. The fourth-order valence-corrected chi connectivity index (χ4v) is 4.37. The number of rotatable bonds is 2. The molecule has 0 saturated carbocycles. The lowest BCUT2D eigenvalue weighted by Gasteiger charge is -2.27. The van der Waals surface area contributed by atoms with Crippen molar-refractivity contribution in [3.05, 3.63) is 66.1 Å². The summed E-state index contributed by atoms with van der Waals surface area (Å²) < 4.78 is 2.08. The van der Waals surface area contributed by atoms with Gasteiger partial charge in [0.2, 0.25) is 0 Å². The molecule has 1 aliphatic heterocycles. The summed E-state index contributed by atoms with van der Waals surface area (Å²) in [6.45, 7) is 0.566. The van der Waals surface area contributed by atoms with Gasteiger partial charge in [-0.2, -0.15) is 5.26 Å². The Balaban J connectivity index is 1.66. The number of hydrogen-bond donors (Lipinski definition) is 1. The van der Waals surface area contributed by atoms with Crippen LogP contribution in [-0.2, 0) is 13.5 Å². The van der Waals surface area contributed by atoms with Crippen molar-refractivity contribution in [3.8, 4) is 28.5 Å². The third-order valence-corrected chi connectivity index (χ3v) is 5.89. The summed E-state index contributed by atoms with van der Waals surface area (Å²) in [6.07, 6.45) is 6.74. The first-order valence-corrected chi connectivity index (χ1v) is 10.1. The van der Waals surface area contributed by atoms with Gasteiger partial charge in [0.1, 0.15) is 11.9 Å². The van der Waals surface area contributed by atoms with Gasteiger partial charge in [-0.25, -0.2) is 9.78 Å². The van der Waals surface area contributed by atoms with Crippen LogP contribution < -0.4 is 10.6 Å². The fourth-order valence-electron chi connectivity index (χ4n) is 4.37. The fraction of sp³-hybridized carbons (Fsp3) is 0.167. The Hall–Kier alpha value is -4.18. The molecule has 2 amide bonds. The highest BCUT2D eigenvalue weighted by Crippen LogP contribution is 2.35. The van der Waals surface area contributed by atoms with Crippen LogP contribution in [0.3, 0.4) is 0 Å². The van der Waals surface area contributed by atoms with E-state index in [-0.39, 0.29) is 0 Å². The average molecular weight is 408 g/mol. The Kier molecular flexibility index (Phi) is 4.41. The second kappa shape index (κ2) is 7.26. The molecule has 0 unspecified atom stereocenters. The van der Waals surface area contributed by atoms with Crippen molar-refractivity contribution in [2.24, 2.45) is 12.8 Å². The van der Waals surface area contributed by atoms with E-state index >= 15 is 0 Å². The highest BCUT2D eigenvalue weighted by molar-refractivity contribution is 5.92. The predicted octanol–water partition coefficient (Wildman–Crippen LogP) is 4.01. The van der Waals surface area contributed by atoms with Crippen molar-refractivity contribution in [1.82, 2.24) is 14.5 Å². The van der Waals surface area contributed by atoms with Crippen LogP contribution in [0.2, 0.25) is 0 Å². The lowest BCUT2D eigenvalue weighted by atomic mass is 9.96. The first kappa shape index (κ1) is 18.8. The lowest BCUT2D eigenvalue weighted by Crippen LogP contribution is -2.40. The summed E-state index contributed by atoms with van der Waals surface area (Å²) in [4.78, 5) is 22.2. The van der Waals surface area contributed by atoms with Crippen LogP contribution >= 0.6 is 0 Å². The van der Waals surface area contributed by atoms with E-state index in [0.717, 1.165) is 51.7 Å². The van der Waals surface area contributed by atoms with Crippen molar-refractivity contribution < 1.29 is 4.79 Å². The number of amides is 2. The molecule has 31 heavy (non-hydrogen) atoms. The van der Waals surface area contributed by atoms with Crippen molar-refractivity contribution in [2.75, 3.05) is 11.4 Å². The molecular formula is C24H20N6O. The molecule has 4 aromatic rings. The van der Waals surface area contributed by atoms with E-state index in [9.17, 15) is 10.1 Å². The molecule has 1 aliphatic rings. The van der Waals surface area contributed by atoms with E-state index in [4.69, 9.17) is 5.73 Å². The molecule has 0 fully saturated rings. The van der Waals surface area contributed by atoms with Crippen LogP contribution in [0, 0.1) is 11.3 Å². The molecule has 0 aliphatic carbocycles. The Labute approximate surface area is 179 Å². The molecule has 0 radical (unpaired) electrons. The van der Waals surface area contributed by atoms with Gasteiger partial charge < -0.3 is 10.3 Å². The Bertz CT molecular complexity index is 1380. The first-order chi connectivity index (χ1) is 15.1. The van der Waals surface area contributed by atoms with Gasteiger partial charge in [-0.1, -0.05) is 18.2 Å².